The van der Waals surface area contributed by atoms with E-state index in [0.29, 0.717) is 22.7 Å². The Morgan fingerprint density at radius 3 is 2.70 bits per heavy atom. The van der Waals surface area contributed by atoms with Crippen LogP contribution in [0.1, 0.15) is 11.1 Å². The molecule has 0 atom stereocenters. The standard InChI is InChI=1S/C19H17NO3/c1-4-14-6-5-7-16(12-14)20-19(21)11-9-15-8-10-17(22-2)13-18(15)23-3/h1,5-13H,2-3H3,(H,20,21)/b11-9+. The average molecular weight is 307 g/mol. The van der Waals surface area contributed by atoms with Gasteiger partial charge in [-0.15, -0.1) is 6.42 Å². The quantitative estimate of drug-likeness (QED) is 0.681. The summed E-state index contributed by atoms with van der Waals surface area (Å²) >= 11 is 0. The predicted molar refractivity (Wildman–Crippen MR) is 91.6 cm³/mol. The third-order valence-electron chi connectivity index (χ3n) is 3.15. The zero-order valence-electron chi connectivity index (χ0n) is 13.0. The number of benzene rings is 2. The number of carbonyl (C=O) groups excluding carboxylic acids is 1. The summed E-state index contributed by atoms with van der Waals surface area (Å²) in [6, 6.07) is 12.5. The van der Waals surface area contributed by atoms with E-state index in [1.807, 2.05) is 6.07 Å². The first-order valence-electron chi connectivity index (χ1n) is 6.94. The molecular weight excluding hydrogens is 290 g/mol. The molecule has 0 fully saturated rings. The normalized spacial score (nSPS) is 10.1. The fraction of sp³-hybridized carbons (Fsp3) is 0.105. The van der Waals surface area contributed by atoms with E-state index in [2.05, 4.69) is 11.2 Å². The molecule has 0 aliphatic carbocycles. The molecule has 0 saturated carbocycles. The Hall–Kier alpha value is -3.19. The van der Waals surface area contributed by atoms with Gasteiger partial charge in [0.1, 0.15) is 11.5 Å². The molecule has 0 heterocycles. The molecule has 4 nitrogen and oxygen atoms in total. The lowest BCUT2D eigenvalue weighted by atomic mass is 10.1. The van der Waals surface area contributed by atoms with Gasteiger partial charge in [-0.1, -0.05) is 12.0 Å². The van der Waals surface area contributed by atoms with E-state index < -0.39 is 0 Å². The molecule has 4 heteroatoms. The number of methoxy groups -OCH3 is 2. The molecule has 2 rings (SSSR count). The Morgan fingerprint density at radius 2 is 2.00 bits per heavy atom. The van der Waals surface area contributed by atoms with Gasteiger partial charge in [0.25, 0.3) is 0 Å². The molecule has 0 aromatic heterocycles. The van der Waals surface area contributed by atoms with E-state index >= 15 is 0 Å². The number of hydrogen-bond acceptors (Lipinski definition) is 3. The van der Waals surface area contributed by atoms with Gasteiger partial charge in [-0.25, -0.2) is 0 Å². The van der Waals surface area contributed by atoms with Crippen LogP contribution in [0.3, 0.4) is 0 Å². The highest BCUT2D eigenvalue weighted by atomic mass is 16.5. The van der Waals surface area contributed by atoms with Crippen molar-refractivity contribution >= 4 is 17.7 Å². The topological polar surface area (TPSA) is 47.6 Å². The number of rotatable bonds is 5. The molecule has 0 saturated heterocycles. The van der Waals surface area contributed by atoms with Crippen LogP contribution in [0.25, 0.3) is 6.08 Å². The zero-order valence-corrected chi connectivity index (χ0v) is 13.0. The van der Waals surface area contributed by atoms with Gasteiger partial charge in [0.05, 0.1) is 14.2 Å². The van der Waals surface area contributed by atoms with Crippen LogP contribution in [0, 0.1) is 12.3 Å². The number of anilines is 1. The van der Waals surface area contributed by atoms with Gasteiger partial charge in [0.15, 0.2) is 0 Å². The van der Waals surface area contributed by atoms with E-state index in [0.717, 1.165) is 5.56 Å². The molecule has 0 radical (unpaired) electrons. The highest BCUT2D eigenvalue weighted by molar-refractivity contribution is 6.02. The largest absolute Gasteiger partial charge is 0.497 e. The number of hydrogen-bond donors (Lipinski definition) is 1. The number of nitrogens with one attached hydrogen (secondary N) is 1. The molecule has 0 spiro atoms. The van der Waals surface area contributed by atoms with Crippen LogP contribution in [0.5, 0.6) is 11.5 Å². The van der Waals surface area contributed by atoms with Gasteiger partial charge in [-0.2, -0.15) is 0 Å². The maximum absolute atomic E-state index is 12.0. The summed E-state index contributed by atoms with van der Waals surface area (Å²) in [5.74, 6) is 3.59. The second-order valence-corrected chi connectivity index (χ2v) is 4.66. The van der Waals surface area contributed by atoms with Crippen LogP contribution in [-0.4, -0.2) is 20.1 Å². The van der Waals surface area contributed by atoms with Crippen molar-refractivity contribution in [2.75, 3.05) is 19.5 Å². The minimum absolute atomic E-state index is 0.253. The van der Waals surface area contributed by atoms with Gasteiger partial charge in [0.2, 0.25) is 5.91 Å². The van der Waals surface area contributed by atoms with Crippen molar-refractivity contribution < 1.29 is 14.3 Å². The lowest BCUT2D eigenvalue weighted by Crippen LogP contribution is -2.07. The first-order chi connectivity index (χ1) is 11.2. The summed E-state index contributed by atoms with van der Waals surface area (Å²) in [6.07, 6.45) is 8.46. The molecule has 116 valence electrons. The maximum atomic E-state index is 12.0. The number of ether oxygens (including phenoxy) is 2. The first-order valence-corrected chi connectivity index (χ1v) is 6.94. The summed E-state index contributed by atoms with van der Waals surface area (Å²) < 4.78 is 10.4. The van der Waals surface area contributed by atoms with E-state index in [9.17, 15) is 4.79 Å². The Morgan fingerprint density at radius 1 is 1.17 bits per heavy atom. The molecule has 2 aromatic rings. The minimum atomic E-state index is -0.253. The Labute approximate surface area is 135 Å². The molecule has 1 N–H and O–H groups in total. The average Bonchev–Trinajstić information content (AvgIpc) is 2.59. The number of carbonyl (C=O) groups is 1. The van der Waals surface area contributed by atoms with Gasteiger partial charge in [-0.05, 0) is 36.4 Å². The highest BCUT2D eigenvalue weighted by Gasteiger charge is 2.03. The Balaban J connectivity index is 2.10. The van der Waals surface area contributed by atoms with Gasteiger partial charge in [0, 0.05) is 29.0 Å². The Bertz CT molecular complexity index is 772. The third-order valence-corrected chi connectivity index (χ3v) is 3.15. The number of terminal acetylenes is 1. The third kappa shape index (κ3) is 4.39. The zero-order chi connectivity index (χ0) is 16.7. The summed E-state index contributed by atoms with van der Waals surface area (Å²) in [5, 5.41) is 2.76. The van der Waals surface area contributed by atoms with Crippen molar-refractivity contribution in [3.63, 3.8) is 0 Å². The van der Waals surface area contributed by atoms with Crippen molar-refractivity contribution in [3.05, 3.63) is 59.7 Å². The van der Waals surface area contributed by atoms with E-state index in [-0.39, 0.29) is 5.91 Å². The SMILES string of the molecule is C#Cc1cccc(NC(=O)/C=C/c2ccc(OC)cc2OC)c1. The molecule has 0 bridgehead atoms. The molecular formula is C19H17NO3. The smallest absolute Gasteiger partial charge is 0.248 e. The highest BCUT2D eigenvalue weighted by Crippen LogP contribution is 2.25. The van der Waals surface area contributed by atoms with Crippen LogP contribution >= 0.6 is 0 Å². The van der Waals surface area contributed by atoms with Crippen LogP contribution in [0.2, 0.25) is 0 Å². The second kappa shape index (κ2) is 7.71. The van der Waals surface area contributed by atoms with Crippen LogP contribution < -0.4 is 14.8 Å². The second-order valence-electron chi connectivity index (χ2n) is 4.66. The van der Waals surface area contributed by atoms with E-state index in [1.165, 1.54) is 6.08 Å². The summed E-state index contributed by atoms with van der Waals surface area (Å²) in [5.41, 5.74) is 2.14. The van der Waals surface area contributed by atoms with Crippen molar-refractivity contribution in [1.82, 2.24) is 0 Å². The van der Waals surface area contributed by atoms with Gasteiger partial charge >= 0.3 is 0 Å². The molecule has 0 unspecified atom stereocenters. The van der Waals surface area contributed by atoms with Gasteiger partial charge < -0.3 is 14.8 Å². The molecule has 1 amide bonds. The summed E-state index contributed by atoms with van der Waals surface area (Å²) in [6.45, 7) is 0. The lowest BCUT2D eigenvalue weighted by Gasteiger charge is -2.07. The Kier molecular flexibility index (Phi) is 5.43. The molecule has 0 aliphatic heterocycles. The van der Waals surface area contributed by atoms with Crippen molar-refractivity contribution in [2.24, 2.45) is 0 Å². The monoisotopic (exact) mass is 307 g/mol. The van der Waals surface area contributed by atoms with Crippen LogP contribution in [0.4, 0.5) is 5.69 Å². The van der Waals surface area contributed by atoms with Crippen LogP contribution in [0.15, 0.2) is 48.5 Å². The molecule has 0 aliphatic rings. The molecule has 23 heavy (non-hydrogen) atoms. The van der Waals surface area contributed by atoms with E-state index in [1.54, 1.807) is 56.7 Å². The van der Waals surface area contributed by atoms with Crippen molar-refractivity contribution in [1.29, 1.82) is 0 Å². The van der Waals surface area contributed by atoms with Crippen LogP contribution in [-0.2, 0) is 4.79 Å². The maximum Gasteiger partial charge on any atom is 0.248 e. The summed E-state index contributed by atoms with van der Waals surface area (Å²) in [7, 11) is 3.15. The minimum Gasteiger partial charge on any atom is -0.497 e. The molecule has 2 aromatic carbocycles. The van der Waals surface area contributed by atoms with Crippen molar-refractivity contribution in [2.45, 2.75) is 0 Å². The van der Waals surface area contributed by atoms with E-state index in [4.69, 9.17) is 15.9 Å². The lowest BCUT2D eigenvalue weighted by molar-refractivity contribution is -0.111. The first kappa shape index (κ1) is 16.2. The fourth-order valence-electron chi connectivity index (χ4n) is 1.99. The van der Waals surface area contributed by atoms with Gasteiger partial charge in [-0.3, -0.25) is 4.79 Å². The number of amides is 1. The predicted octanol–water partition coefficient (Wildman–Crippen LogP) is 3.34. The van der Waals surface area contributed by atoms with Crippen molar-refractivity contribution in [3.8, 4) is 23.8 Å². The fourth-order valence-corrected chi connectivity index (χ4v) is 1.99. The summed E-state index contributed by atoms with van der Waals surface area (Å²) in [4.78, 5) is 12.0.